The van der Waals surface area contributed by atoms with Crippen molar-refractivity contribution in [2.45, 2.75) is 19.8 Å². The van der Waals surface area contributed by atoms with E-state index in [9.17, 15) is 0 Å². The van der Waals surface area contributed by atoms with Crippen molar-refractivity contribution in [1.29, 1.82) is 0 Å². The number of rotatable bonds is 2. The van der Waals surface area contributed by atoms with Crippen molar-refractivity contribution in [2.24, 2.45) is 14.1 Å². The van der Waals surface area contributed by atoms with Gasteiger partial charge in [-0.05, 0) is 73.5 Å². The van der Waals surface area contributed by atoms with E-state index in [1.165, 1.54) is 55.3 Å². The Hall–Kier alpha value is -3.37. The first kappa shape index (κ1) is 20.3. The topological polar surface area (TPSA) is 26.0 Å². The van der Waals surface area contributed by atoms with Crippen LogP contribution < -0.4 is 0 Å². The van der Waals surface area contributed by atoms with Gasteiger partial charge in [0.2, 0.25) is 0 Å². The predicted octanol–water partition coefficient (Wildman–Crippen LogP) is 5.74. The minimum atomic E-state index is 1.06. The summed E-state index contributed by atoms with van der Waals surface area (Å²) < 4.78 is 4.61. The molecule has 5 aromatic rings. The van der Waals surface area contributed by atoms with Crippen LogP contribution in [0.1, 0.15) is 16.8 Å². The minimum absolute atomic E-state index is 1.06. The summed E-state index contributed by atoms with van der Waals surface area (Å²) in [5, 5.41) is 2.65. The maximum Gasteiger partial charge on any atom is 0.0801 e. The van der Waals surface area contributed by atoms with Gasteiger partial charge in [-0.1, -0.05) is 12.1 Å². The van der Waals surface area contributed by atoms with Gasteiger partial charge in [0.05, 0.1) is 11.2 Å². The van der Waals surface area contributed by atoms with E-state index in [2.05, 4.69) is 96.8 Å². The maximum atomic E-state index is 4.95. The molecule has 0 aliphatic carbocycles. The van der Waals surface area contributed by atoms with E-state index < -0.39 is 0 Å². The third kappa shape index (κ3) is 3.20. The zero-order valence-corrected chi connectivity index (χ0v) is 19.9. The Kier molecular flexibility index (Phi) is 4.66. The molecule has 0 amide bonds. The van der Waals surface area contributed by atoms with E-state index >= 15 is 0 Å². The molecule has 4 heterocycles. The molecule has 6 rings (SSSR count). The summed E-state index contributed by atoms with van der Waals surface area (Å²) in [4.78, 5) is 7.40. The summed E-state index contributed by atoms with van der Waals surface area (Å²) in [6.07, 6.45) is 6.25. The number of aromatic nitrogens is 3. The molecule has 0 spiro atoms. The zero-order chi connectivity index (χ0) is 22.7. The monoisotopic (exact) mass is 434 g/mol. The van der Waals surface area contributed by atoms with Crippen LogP contribution in [0.5, 0.6) is 0 Å². The Bertz CT molecular complexity index is 1520. The molecule has 0 saturated heterocycles. The standard InChI is InChI=1S/C29H30N4/c1-19-16-24-23-10-13-31(2)14-11-27(23)33(4)29(24)25(17-19)28-22(6-5-12-30-28)20-7-8-26-21(18-20)9-15-32(26)3/h5-9,12,15-18H,10-11,13-14H2,1-4H3. The number of nitrogens with zero attached hydrogens (tertiary/aromatic N) is 4. The summed E-state index contributed by atoms with van der Waals surface area (Å²) in [7, 11) is 6.57. The van der Waals surface area contributed by atoms with Crippen LogP contribution >= 0.6 is 0 Å². The fraction of sp³-hybridized carbons (Fsp3) is 0.276. The average Bonchev–Trinajstić information content (AvgIpc) is 3.23. The van der Waals surface area contributed by atoms with Crippen LogP contribution in [0.3, 0.4) is 0 Å². The first-order valence-electron chi connectivity index (χ1n) is 11.8. The fourth-order valence-corrected chi connectivity index (χ4v) is 5.65. The number of pyridine rings is 1. The Balaban J connectivity index is 1.60. The first-order valence-corrected chi connectivity index (χ1v) is 11.8. The quantitative estimate of drug-likeness (QED) is 0.354. The molecule has 0 radical (unpaired) electrons. The molecule has 4 heteroatoms. The van der Waals surface area contributed by atoms with E-state index in [0.717, 1.165) is 31.6 Å². The lowest BCUT2D eigenvalue weighted by Crippen LogP contribution is -2.21. The Morgan fingerprint density at radius 1 is 0.879 bits per heavy atom. The van der Waals surface area contributed by atoms with Crippen molar-refractivity contribution >= 4 is 21.8 Å². The van der Waals surface area contributed by atoms with Crippen LogP contribution in [0.4, 0.5) is 0 Å². The molecule has 1 aliphatic heterocycles. The van der Waals surface area contributed by atoms with Gasteiger partial charge in [-0.3, -0.25) is 4.98 Å². The molecule has 0 bridgehead atoms. The molecule has 166 valence electrons. The van der Waals surface area contributed by atoms with E-state index in [4.69, 9.17) is 4.98 Å². The second kappa shape index (κ2) is 7.60. The average molecular weight is 435 g/mol. The highest BCUT2D eigenvalue weighted by Gasteiger charge is 2.23. The number of hydrogen-bond donors (Lipinski definition) is 0. The van der Waals surface area contributed by atoms with Crippen molar-refractivity contribution in [3.05, 3.63) is 77.7 Å². The lowest BCUT2D eigenvalue weighted by atomic mass is 9.95. The van der Waals surface area contributed by atoms with Gasteiger partial charge in [-0.25, -0.2) is 0 Å². The summed E-state index contributed by atoms with van der Waals surface area (Å²) in [5.74, 6) is 0. The third-order valence-electron chi connectivity index (χ3n) is 7.40. The lowest BCUT2D eigenvalue weighted by Gasteiger charge is -2.15. The van der Waals surface area contributed by atoms with Gasteiger partial charge >= 0.3 is 0 Å². The molecule has 3 aromatic heterocycles. The smallest absolute Gasteiger partial charge is 0.0801 e. The number of hydrogen-bond acceptors (Lipinski definition) is 2. The molecule has 2 aromatic carbocycles. The minimum Gasteiger partial charge on any atom is -0.351 e. The van der Waals surface area contributed by atoms with E-state index in [1.54, 1.807) is 0 Å². The van der Waals surface area contributed by atoms with Gasteiger partial charge in [0.1, 0.15) is 0 Å². The number of likely N-dealkylation sites (N-methyl/N-ethyl adjacent to an activating group) is 1. The Morgan fingerprint density at radius 3 is 2.61 bits per heavy atom. The Morgan fingerprint density at radius 2 is 1.73 bits per heavy atom. The maximum absolute atomic E-state index is 4.95. The second-order valence-electron chi connectivity index (χ2n) is 9.60. The van der Waals surface area contributed by atoms with Crippen molar-refractivity contribution in [2.75, 3.05) is 20.1 Å². The highest BCUT2D eigenvalue weighted by molar-refractivity contribution is 6.01. The van der Waals surface area contributed by atoms with Crippen molar-refractivity contribution < 1.29 is 0 Å². The number of benzene rings is 2. The van der Waals surface area contributed by atoms with Gasteiger partial charge < -0.3 is 14.0 Å². The first-order chi connectivity index (χ1) is 16.0. The number of fused-ring (bicyclic) bond motifs is 4. The molecule has 0 fully saturated rings. The molecule has 33 heavy (non-hydrogen) atoms. The van der Waals surface area contributed by atoms with E-state index in [1.807, 2.05) is 6.20 Å². The van der Waals surface area contributed by atoms with E-state index in [0.29, 0.717) is 0 Å². The molecule has 0 unspecified atom stereocenters. The largest absolute Gasteiger partial charge is 0.351 e. The zero-order valence-electron chi connectivity index (χ0n) is 19.9. The summed E-state index contributed by atoms with van der Waals surface area (Å²) in [5.41, 5.74) is 11.5. The second-order valence-corrected chi connectivity index (χ2v) is 9.60. The Labute approximate surface area is 195 Å². The molecular formula is C29H30N4. The highest BCUT2D eigenvalue weighted by Crippen LogP contribution is 2.39. The van der Waals surface area contributed by atoms with Crippen LogP contribution in [-0.2, 0) is 26.9 Å². The molecule has 0 N–H and O–H groups in total. The van der Waals surface area contributed by atoms with Gasteiger partial charge in [0, 0.05) is 79.1 Å². The van der Waals surface area contributed by atoms with Crippen molar-refractivity contribution in [1.82, 2.24) is 19.0 Å². The van der Waals surface area contributed by atoms with Crippen LogP contribution in [0.2, 0.25) is 0 Å². The number of aryl methyl sites for hydroxylation is 3. The SMILES string of the molecule is Cc1cc(-c2ncccc2-c2ccc3c(ccn3C)c2)c2c(c1)c1c(n2C)CCN(C)CC1. The van der Waals surface area contributed by atoms with E-state index in [-0.39, 0.29) is 0 Å². The van der Waals surface area contributed by atoms with Crippen LogP contribution in [0.25, 0.3) is 44.2 Å². The highest BCUT2D eigenvalue weighted by atomic mass is 15.1. The predicted molar refractivity (Wildman–Crippen MR) is 138 cm³/mol. The van der Waals surface area contributed by atoms with Gasteiger partial charge in [-0.15, -0.1) is 0 Å². The molecular weight excluding hydrogens is 404 g/mol. The third-order valence-corrected chi connectivity index (χ3v) is 7.40. The van der Waals surface area contributed by atoms with Gasteiger partial charge in [0.15, 0.2) is 0 Å². The normalized spacial score (nSPS) is 14.7. The molecule has 4 nitrogen and oxygen atoms in total. The van der Waals surface area contributed by atoms with Gasteiger partial charge in [-0.2, -0.15) is 0 Å². The van der Waals surface area contributed by atoms with Gasteiger partial charge in [0.25, 0.3) is 0 Å². The molecule has 1 aliphatic rings. The van der Waals surface area contributed by atoms with Crippen molar-refractivity contribution in [3.63, 3.8) is 0 Å². The summed E-state index contributed by atoms with van der Waals surface area (Å²) in [6, 6.07) is 17.9. The lowest BCUT2D eigenvalue weighted by molar-refractivity contribution is 0.351. The van der Waals surface area contributed by atoms with Crippen LogP contribution in [0, 0.1) is 6.92 Å². The van der Waals surface area contributed by atoms with Crippen LogP contribution in [0.15, 0.2) is 60.9 Å². The fourth-order valence-electron chi connectivity index (χ4n) is 5.65. The van der Waals surface area contributed by atoms with Crippen LogP contribution in [-0.4, -0.2) is 39.2 Å². The molecule has 0 saturated carbocycles. The molecule has 0 atom stereocenters. The summed E-state index contributed by atoms with van der Waals surface area (Å²) >= 11 is 0. The summed E-state index contributed by atoms with van der Waals surface area (Å²) in [6.45, 7) is 4.43. The van der Waals surface area contributed by atoms with Crippen molar-refractivity contribution in [3.8, 4) is 22.4 Å².